The van der Waals surface area contributed by atoms with Gasteiger partial charge in [-0.1, -0.05) is 56.3 Å². The first kappa shape index (κ1) is 48.2. The average Bonchev–Trinajstić information content (AvgIpc) is 3.55. The Morgan fingerprint density at radius 3 is 2.17 bits per heavy atom. The van der Waals surface area contributed by atoms with E-state index >= 15 is 0 Å². The molecule has 0 saturated carbocycles. The normalized spacial score (nSPS) is 20.0. The van der Waals surface area contributed by atoms with E-state index < -0.39 is 71.0 Å². The molecule has 14 nitrogen and oxygen atoms in total. The molecule has 1 aromatic carbocycles. The first-order valence-electron chi connectivity index (χ1n) is 20.9. The van der Waals surface area contributed by atoms with Crippen LogP contribution in [0.4, 0.5) is 9.59 Å². The highest BCUT2D eigenvalue weighted by Gasteiger charge is 2.46. The van der Waals surface area contributed by atoms with Crippen molar-refractivity contribution >= 4 is 30.0 Å². The number of likely N-dealkylation sites (tertiary alicyclic amines) is 1. The van der Waals surface area contributed by atoms with Gasteiger partial charge in [0.2, 0.25) is 11.8 Å². The molecule has 4 atom stereocenters. The molecule has 0 bridgehead atoms. The molecule has 2 aliphatic heterocycles. The van der Waals surface area contributed by atoms with Crippen LogP contribution in [0, 0.1) is 17.8 Å². The highest BCUT2D eigenvalue weighted by molar-refractivity contribution is 5.98. The molecule has 58 heavy (non-hydrogen) atoms. The summed E-state index contributed by atoms with van der Waals surface area (Å²) >= 11 is 0. The molecule has 4 amide bonds. The Morgan fingerprint density at radius 2 is 1.59 bits per heavy atom. The van der Waals surface area contributed by atoms with E-state index in [0.29, 0.717) is 51.5 Å². The molecule has 0 radical (unpaired) electrons. The number of benzene rings is 1. The van der Waals surface area contributed by atoms with Gasteiger partial charge < -0.3 is 40.3 Å². The highest BCUT2D eigenvalue weighted by Crippen LogP contribution is 2.38. The summed E-state index contributed by atoms with van der Waals surface area (Å²) in [7, 11) is 0. The minimum Gasteiger partial charge on any atom is -0.462 e. The number of nitrogens with zero attached hydrogens (tertiary/aromatic N) is 2. The Balaban J connectivity index is 1.71. The van der Waals surface area contributed by atoms with Crippen LogP contribution in [-0.2, 0) is 35.0 Å². The topological polar surface area (TPSA) is 176 Å². The molecular formula is C44H71N5O9. The summed E-state index contributed by atoms with van der Waals surface area (Å²) in [4.78, 5) is 68.7. The number of piperidine rings is 1. The van der Waals surface area contributed by atoms with Gasteiger partial charge in [0.05, 0.1) is 18.1 Å². The zero-order valence-corrected chi connectivity index (χ0v) is 36.8. The third-order valence-corrected chi connectivity index (χ3v) is 10.2. The molecule has 2 aliphatic rings. The van der Waals surface area contributed by atoms with E-state index in [1.54, 1.807) is 39.5 Å². The first-order chi connectivity index (χ1) is 27.0. The Morgan fingerprint density at radius 1 is 0.948 bits per heavy atom. The summed E-state index contributed by atoms with van der Waals surface area (Å²) in [5.41, 5.74) is -0.870. The minimum atomic E-state index is -1.16. The maximum Gasteiger partial charge on any atom is 0.408 e. The summed E-state index contributed by atoms with van der Waals surface area (Å²) in [6.07, 6.45) is 4.58. The number of amides is 4. The second kappa shape index (κ2) is 21.2. The third kappa shape index (κ3) is 15.5. The van der Waals surface area contributed by atoms with Crippen molar-refractivity contribution in [1.82, 2.24) is 25.9 Å². The molecule has 2 fully saturated rings. The van der Waals surface area contributed by atoms with Gasteiger partial charge in [-0.2, -0.15) is 5.06 Å². The van der Waals surface area contributed by atoms with Crippen LogP contribution in [-0.4, -0.2) is 99.3 Å². The van der Waals surface area contributed by atoms with Crippen LogP contribution in [0.5, 0.6) is 0 Å². The van der Waals surface area contributed by atoms with Gasteiger partial charge in [-0.05, 0) is 112 Å². The highest BCUT2D eigenvalue weighted by atomic mass is 16.6. The fraction of sp³-hybridized carbons (Fsp3) is 0.705. The Hall–Kier alpha value is -4.17. The molecule has 0 aliphatic carbocycles. The molecule has 2 saturated heterocycles. The van der Waals surface area contributed by atoms with Crippen LogP contribution in [0.15, 0.2) is 42.5 Å². The van der Waals surface area contributed by atoms with Gasteiger partial charge >= 0.3 is 18.2 Å². The van der Waals surface area contributed by atoms with Crippen molar-refractivity contribution in [3.63, 3.8) is 0 Å². The van der Waals surface area contributed by atoms with Gasteiger partial charge in [-0.25, -0.2) is 9.59 Å². The third-order valence-electron chi connectivity index (χ3n) is 10.2. The van der Waals surface area contributed by atoms with E-state index in [4.69, 9.17) is 14.2 Å². The second-order valence-electron chi connectivity index (χ2n) is 18.7. The van der Waals surface area contributed by atoms with Gasteiger partial charge in [-0.15, -0.1) is 0 Å². The maximum atomic E-state index is 14.4. The van der Waals surface area contributed by atoms with Crippen LogP contribution in [0.1, 0.15) is 127 Å². The lowest BCUT2D eigenvalue weighted by molar-refractivity contribution is -0.256. The standard InChI is InChI=1S/C44H71N5O9/c1-29(2)25-33(46-41(54)58-42(5,6)7)22-21-32(26-31-17-13-12-14-18-31)38(51)48-24-16-20-36(48)47-37(50)35(39(52)56-30(3)4)19-15-23-45-40(53)57-34-27-43(8,9)49(55)44(10,11)28-34/h12-14,17-18,21-22,29-30,32-36,55H,15-16,19-20,23-28H2,1-11H3,(H,45,53)(H,46,54)(H,47,50)/b22-21+/t32-,33-,35+,36+/m1/s1. The molecule has 0 spiro atoms. The summed E-state index contributed by atoms with van der Waals surface area (Å²) in [5, 5.41) is 20.6. The van der Waals surface area contributed by atoms with Crippen molar-refractivity contribution in [3.8, 4) is 0 Å². The van der Waals surface area contributed by atoms with E-state index in [-0.39, 0.29) is 30.8 Å². The fourth-order valence-corrected chi connectivity index (χ4v) is 7.81. The number of hydroxylamine groups is 2. The molecule has 326 valence electrons. The summed E-state index contributed by atoms with van der Waals surface area (Å²) in [6, 6.07) is 9.30. The van der Waals surface area contributed by atoms with Crippen molar-refractivity contribution in [2.45, 2.75) is 169 Å². The monoisotopic (exact) mass is 814 g/mol. The van der Waals surface area contributed by atoms with Crippen molar-refractivity contribution in [2.24, 2.45) is 17.8 Å². The van der Waals surface area contributed by atoms with E-state index in [0.717, 1.165) is 5.56 Å². The van der Waals surface area contributed by atoms with Crippen molar-refractivity contribution in [2.75, 3.05) is 13.1 Å². The first-order valence-corrected chi connectivity index (χ1v) is 20.9. The molecule has 0 unspecified atom stereocenters. The van der Waals surface area contributed by atoms with Crippen LogP contribution >= 0.6 is 0 Å². The Labute approximate surface area is 346 Å². The number of alkyl carbamates (subject to hydrolysis) is 2. The lowest BCUT2D eigenvalue weighted by Crippen LogP contribution is -2.60. The van der Waals surface area contributed by atoms with E-state index in [1.807, 2.05) is 70.2 Å². The maximum absolute atomic E-state index is 14.4. The zero-order chi connectivity index (χ0) is 43.4. The molecule has 0 aromatic heterocycles. The molecule has 14 heteroatoms. The predicted molar refractivity (Wildman–Crippen MR) is 222 cm³/mol. The summed E-state index contributed by atoms with van der Waals surface area (Å²) in [6.45, 7) is 21.1. The fourth-order valence-electron chi connectivity index (χ4n) is 7.81. The van der Waals surface area contributed by atoms with E-state index in [1.165, 1.54) is 5.06 Å². The van der Waals surface area contributed by atoms with Gasteiger partial charge in [-0.3, -0.25) is 14.4 Å². The van der Waals surface area contributed by atoms with Gasteiger partial charge in [0.15, 0.2) is 0 Å². The van der Waals surface area contributed by atoms with Crippen molar-refractivity contribution in [1.29, 1.82) is 0 Å². The van der Waals surface area contributed by atoms with Crippen molar-refractivity contribution in [3.05, 3.63) is 48.0 Å². The van der Waals surface area contributed by atoms with Gasteiger partial charge in [0, 0.05) is 37.0 Å². The molecule has 1 aromatic rings. The summed E-state index contributed by atoms with van der Waals surface area (Å²) in [5.74, 6) is -2.91. The SMILES string of the molecule is CC(C)C[C@@H](/C=C/[C@H](Cc1ccccc1)C(=O)N1CCC[C@H]1NC(=O)[C@H](CCCNC(=O)OC1CC(C)(C)N(O)C(C)(C)C1)C(=O)OC(C)C)NC(=O)OC(C)(C)C. The molecule has 4 N–H and O–H groups in total. The number of hydrogen-bond donors (Lipinski definition) is 4. The minimum absolute atomic E-state index is 0.0998. The molecule has 2 heterocycles. The van der Waals surface area contributed by atoms with E-state index in [9.17, 15) is 29.2 Å². The predicted octanol–water partition coefficient (Wildman–Crippen LogP) is 6.89. The zero-order valence-electron chi connectivity index (χ0n) is 36.8. The average molecular weight is 814 g/mol. The number of ether oxygens (including phenoxy) is 3. The Kier molecular flexibility index (Phi) is 17.6. The number of esters is 1. The van der Waals surface area contributed by atoms with Crippen LogP contribution < -0.4 is 16.0 Å². The lowest BCUT2D eigenvalue weighted by Gasteiger charge is -2.50. The molecule has 3 rings (SSSR count). The van der Waals surface area contributed by atoms with Gasteiger partial charge in [0.1, 0.15) is 23.8 Å². The smallest absolute Gasteiger partial charge is 0.408 e. The quantitative estimate of drug-likeness (QED) is 0.0426. The van der Waals surface area contributed by atoms with Crippen LogP contribution in [0.2, 0.25) is 0 Å². The second-order valence-corrected chi connectivity index (χ2v) is 18.7. The molecular weight excluding hydrogens is 743 g/mol. The van der Waals surface area contributed by atoms with Gasteiger partial charge in [0.25, 0.3) is 0 Å². The number of carbonyl (C=O) groups is 5. The number of nitrogens with one attached hydrogen (secondary N) is 3. The van der Waals surface area contributed by atoms with Crippen LogP contribution in [0.3, 0.4) is 0 Å². The largest absolute Gasteiger partial charge is 0.462 e. The number of carbonyl (C=O) groups excluding carboxylic acids is 5. The Bertz CT molecular complexity index is 1540. The number of rotatable bonds is 17. The number of hydrogen-bond acceptors (Lipinski definition) is 10. The lowest BCUT2D eigenvalue weighted by atomic mass is 9.80. The van der Waals surface area contributed by atoms with E-state index in [2.05, 4.69) is 29.8 Å². The summed E-state index contributed by atoms with van der Waals surface area (Å²) < 4.78 is 16.7. The van der Waals surface area contributed by atoms with Crippen LogP contribution in [0.25, 0.3) is 0 Å². The van der Waals surface area contributed by atoms with Crippen molar-refractivity contribution < 1.29 is 43.4 Å².